The van der Waals surface area contributed by atoms with Crippen LogP contribution < -0.4 is 5.32 Å². The average Bonchev–Trinajstić information content (AvgIpc) is 2.60. The van der Waals surface area contributed by atoms with Crippen molar-refractivity contribution in [2.45, 2.75) is 25.9 Å². The van der Waals surface area contributed by atoms with Gasteiger partial charge < -0.3 is 10.1 Å². The van der Waals surface area contributed by atoms with Crippen LogP contribution in [0.2, 0.25) is 5.02 Å². The van der Waals surface area contributed by atoms with Crippen molar-refractivity contribution < 1.29 is 18.7 Å². The van der Waals surface area contributed by atoms with Crippen LogP contribution in [0.3, 0.4) is 0 Å². The fraction of sp³-hybridized carbons (Fsp3) is 0.200. The van der Waals surface area contributed by atoms with Crippen molar-refractivity contribution in [3.05, 3.63) is 81.8 Å². The highest BCUT2D eigenvalue weighted by molar-refractivity contribution is 6.31. The molecule has 134 valence electrons. The predicted molar refractivity (Wildman–Crippen MR) is 95.8 cm³/mol. The maximum Gasteiger partial charge on any atom is 0.336 e. The number of hydrogen-bond donors (Lipinski definition) is 1. The summed E-state index contributed by atoms with van der Waals surface area (Å²) in [5, 5.41) is 2.79. The largest absolute Gasteiger partial charge is 0.457 e. The highest BCUT2D eigenvalue weighted by atomic mass is 35.5. The van der Waals surface area contributed by atoms with E-state index in [1.54, 1.807) is 6.92 Å². The van der Waals surface area contributed by atoms with Gasteiger partial charge in [-0.15, -0.1) is 0 Å². The zero-order chi connectivity index (χ0) is 18.7. The maximum atomic E-state index is 14.4. The minimum atomic E-state index is -0.791. The summed E-state index contributed by atoms with van der Waals surface area (Å²) in [5.74, 6) is -2.25. The zero-order valence-electron chi connectivity index (χ0n) is 14.1. The van der Waals surface area contributed by atoms with Crippen molar-refractivity contribution in [1.82, 2.24) is 5.32 Å². The average molecular weight is 374 g/mol. The van der Waals surface area contributed by atoms with E-state index in [2.05, 4.69) is 5.32 Å². The number of carbonyl (C=O) groups excluding carboxylic acids is 2. The summed E-state index contributed by atoms with van der Waals surface area (Å²) in [4.78, 5) is 24.7. The van der Waals surface area contributed by atoms with Crippen LogP contribution >= 0.6 is 11.6 Å². The number of benzene rings is 2. The van der Waals surface area contributed by atoms with Crippen molar-refractivity contribution >= 4 is 23.5 Å². The zero-order valence-corrected chi connectivity index (χ0v) is 14.8. The second-order valence-corrected chi connectivity index (χ2v) is 6.45. The Morgan fingerprint density at radius 3 is 2.65 bits per heavy atom. The molecule has 26 heavy (non-hydrogen) atoms. The van der Waals surface area contributed by atoms with Crippen LogP contribution in [0.4, 0.5) is 4.39 Å². The van der Waals surface area contributed by atoms with E-state index in [9.17, 15) is 14.0 Å². The van der Waals surface area contributed by atoms with Gasteiger partial charge in [0, 0.05) is 28.6 Å². The molecule has 1 amide bonds. The molecule has 3 rings (SSSR count). The second kappa shape index (κ2) is 7.70. The van der Waals surface area contributed by atoms with E-state index in [0.29, 0.717) is 5.70 Å². The summed E-state index contributed by atoms with van der Waals surface area (Å²) >= 11 is 6.15. The third kappa shape index (κ3) is 3.78. The standard InChI is InChI=1S/C20H17ClFNO3/c1-12-18(20(25)26-11-13-6-3-2-4-7-13)14(10-17(24)23-12)19-15(21)8-5-9-16(19)22/h2-9,14H,10-11H2,1H3,(H,23,24)/t14-/m0/s1. The first-order valence-electron chi connectivity index (χ1n) is 8.13. The van der Waals surface area contributed by atoms with E-state index in [1.807, 2.05) is 30.3 Å². The number of amides is 1. The topological polar surface area (TPSA) is 55.4 Å². The van der Waals surface area contributed by atoms with Crippen LogP contribution in [-0.2, 0) is 20.9 Å². The quantitative estimate of drug-likeness (QED) is 0.821. The first kappa shape index (κ1) is 18.1. The lowest BCUT2D eigenvalue weighted by molar-refractivity contribution is -0.141. The first-order chi connectivity index (χ1) is 12.5. The van der Waals surface area contributed by atoms with E-state index in [-0.39, 0.29) is 35.1 Å². The minimum absolute atomic E-state index is 0.0756. The van der Waals surface area contributed by atoms with Crippen molar-refractivity contribution in [3.63, 3.8) is 0 Å². The van der Waals surface area contributed by atoms with Gasteiger partial charge in [0.25, 0.3) is 0 Å². The van der Waals surface area contributed by atoms with E-state index in [1.165, 1.54) is 18.2 Å². The molecule has 1 aliphatic rings. The summed E-state index contributed by atoms with van der Waals surface area (Å²) in [7, 11) is 0. The van der Waals surface area contributed by atoms with Gasteiger partial charge in [0.2, 0.25) is 5.91 Å². The van der Waals surface area contributed by atoms with Gasteiger partial charge in [-0.25, -0.2) is 9.18 Å². The van der Waals surface area contributed by atoms with Crippen LogP contribution in [0.15, 0.2) is 59.8 Å². The first-order valence-corrected chi connectivity index (χ1v) is 8.50. The SMILES string of the molecule is CC1=C(C(=O)OCc2ccccc2)[C@@H](c2c(F)cccc2Cl)CC(=O)N1. The van der Waals surface area contributed by atoms with E-state index in [0.717, 1.165) is 5.56 Å². The number of allylic oxidation sites excluding steroid dienone is 1. The number of ether oxygens (including phenoxy) is 1. The Labute approximate surface area is 155 Å². The summed E-state index contributed by atoms with van der Waals surface area (Å²) in [6.45, 7) is 1.68. The fourth-order valence-electron chi connectivity index (χ4n) is 3.06. The van der Waals surface area contributed by atoms with Gasteiger partial charge in [-0.3, -0.25) is 4.79 Å². The van der Waals surface area contributed by atoms with Gasteiger partial charge in [-0.05, 0) is 24.6 Å². The molecule has 1 heterocycles. The van der Waals surface area contributed by atoms with Gasteiger partial charge in [-0.1, -0.05) is 48.0 Å². The lowest BCUT2D eigenvalue weighted by Crippen LogP contribution is -2.34. The number of hydrogen-bond acceptors (Lipinski definition) is 3. The Kier molecular flexibility index (Phi) is 5.38. The molecule has 0 saturated carbocycles. The molecule has 2 aromatic carbocycles. The molecule has 0 unspecified atom stereocenters. The lowest BCUT2D eigenvalue weighted by atomic mass is 9.84. The minimum Gasteiger partial charge on any atom is -0.457 e. The molecule has 0 fully saturated rings. The van der Waals surface area contributed by atoms with Gasteiger partial charge in [0.05, 0.1) is 5.57 Å². The smallest absolute Gasteiger partial charge is 0.336 e. The second-order valence-electron chi connectivity index (χ2n) is 6.04. The Bertz CT molecular complexity index is 860. The molecule has 1 atom stereocenters. The third-order valence-electron chi connectivity index (χ3n) is 4.25. The van der Waals surface area contributed by atoms with Crippen LogP contribution in [0.5, 0.6) is 0 Å². The van der Waals surface area contributed by atoms with E-state index >= 15 is 0 Å². The number of carbonyl (C=O) groups is 2. The van der Waals surface area contributed by atoms with Gasteiger partial charge in [0.1, 0.15) is 12.4 Å². The van der Waals surface area contributed by atoms with Crippen molar-refractivity contribution in [2.24, 2.45) is 0 Å². The summed E-state index contributed by atoms with van der Waals surface area (Å²) in [5.41, 5.74) is 1.53. The lowest BCUT2D eigenvalue weighted by Gasteiger charge is -2.27. The van der Waals surface area contributed by atoms with Crippen molar-refractivity contribution in [2.75, 3.05) is 0 Å². The molecule has 4 nitrogen and oxygen atoms in total. The molecular formula is C20H17ClFNO3. The molecule has 0 aromatic heterocycles. The fourth-order valence-corrected chi connectivity index (χ4v) is 3.36. The van der Waals surface area contributed by atoms with Crippen LogP contribution in [-0.4, -0.2) is 11.9 Å². The monoisotopic (exact) mass is 373 g/mol. The molecule has 2 aromatic rings. The Morgan fingerprint density at radius 1 is 1.23 bits per heavy atom. The number of esters is 1. The molecule has 0 spiro atoms. The Hall–Kier alpha value is -2.66. The van der Waals surface area contributed by atoms with Crippen molar-refractivity contribution in [3.8, 4) is 0 Å². The number of halogens is 2. The van der Waals surface area contributed by atoms with Gasteiger partial charge >= 0.3 is 5.97 Å². The molecule has 1 N–H and O–H groups in total. The highest BCUT2D eigenvalue weighted by Crippen LogP contribution is 2.38. The van der Waals surface area contributed by atoms with Crippen LogP contribution in [0, 0.1) is 5.82 Å². The normalized spacial score (nSPS) is 17.0. The summed E-state index contributed by atoms with van der Waals surface area (Å²) in [6, 6.07) is 13.5. The van der Waals surface area contributed by atoms with Gasteiger partial charge in [0.15, 0.2) is 0 Å². The third-order valence-corrected chi connectivity index (χ3v) is 4.58. The maximum absolute atomic E-state index is 14.4. The molecule has 0 aliphatic carbocycles. The predicted octanol–water partition coefficient (Wildman–Crippen LogP) is 4.10. The Morgan fingerprint density at radius 2 is 1.96 bits per heavy atom. The van der Waals surface area contributed by atoms with Crippen LogP contribution in [0.25, 0.3) is 0 Å². The number of nitrogens with one attached hydrogen (secondary N) is 1. The molecule has 0 bridgehead atoms. The van der Waals surface area contributed by atoms with Gasteiger partial charge in [-0.2, -0.15) is 0 Å². The Balaban J connectivity index is 1.92. The molecular weight excluding hydrogens is 357 g/mol. The summed E-state index contributed by atoms with van der Waals surface area (Å²) < 4.78 is 19.8. The van der Waals surface area contributed by atoms with Crippen LogP contribution in [0.1, 0.15) is 30.4 Å². The summed E-state index contributed by atoms with van der Waals surface area (Å²) in [6.07, 6.45) is -0.0756. The van der Waals surface area contributed by atoms with Crippen molar-refractivity contribution in [1.29, 1.82) is 0 Å². The molecule has 1 aliphatic heterocycles. The molecule has 0 saturated heterocycles. The molecule has 6 heteroatoms. The highest BCUT2D eigenvalue weighted by Gasteiger charge is 2.35. The molecule has 0 radical (unpaired) electrons. The van der Waals surface area contributed by atoms with E-state index < -0.39 is 17.7 Å². The van der Waals surface area contributed by atoms with E-state index in [4.69, 9.17) is 16.3 Å². The number of rotatable bonds is 4.